The molecule has 7 heteroatoms. The van der Waals surface area contributed by atoms with Crippen molar-refractivity contribution in [3.05, 3.63) is 0 Å². The molecule has 0 aromatic heterocycles. The summed E-state index contributed by atoms with van der Waals surface area (Å²) in [6, 6.07) is -0.878. The van der Waals surface area contributed by atoms with E-state index in [4.69, 9.17) is 0 Å². The Hall–Kier alpha value is -1.27. The lowest BCUT2D eigenvalue weighted by molar-refractivity contribution is -0.186. The number of ether oxygens (including phenoxy) is 1. The van der Waals surface area contributed by atoms with Crippen molar-refractivity contribution >= 4 is 11.9 Å². The van der Waals surface area contributed by atoms with Gasteiger partial charge in [0.25, 0.3) is 0 Å². The number of hydrogen-bond acceptors (Lipinski definition) is 3. The molecule has 0 heterocycles. The van der Waals surface area contributed by atoms with Gasteiger partial charge >= 0.3 is 12.1 Å². The molecule has 0 unspecified atom stereocenters. The minimum absolute atomic E-state index is 0.0625. The van der Waals surface area contributed by atoms with E-state index in [1.54, 1.807) is 20.8 Å². The van der Waals surface area contributed by atoms with E-state index in [1.807, 2.05) is 0 Å². The molecule has 0 bridgehead atoms. The highest BCUT2D eigenvalue weighted by Gasteiger charge is 2.44. The number of methoxy groups -OCH3 is 1. The van der Waals surface area contributed by atoms with Gasteiger partial charge in [-0.2, -0.15) is 13.2 Å². The van der Waals surface area contributed by atoms with E-state index in [1.165, 1.54) is 7.11 Å². The maximum absolute atomic E-state index is 12.8. The summed E-state index contributed by atoms with van der Waals surface area (Å²) in [4.78, 5) is 24.0. The summed E-state index contributed by atoms with van der Waals surface area (Å²) in [5, 5.41) is 2.57. The molecule has 4 nitrogen and oxygen atoms in total. The van der Waals surface area contributed by atoms with Crippen LogP contribution in [-0.4, -0.2) is 31.2 Å². The number of nitrogens with one attached hydrogen (secondary N) is 1. The molecular formula is C15H24F3NO3. The van der Waals surface area contributed by atoms with Gasteiger partial charge in [-0.05, 0) is 24.7 Å². The molecular weight excluding hydrogens is 299 g/mol. The van der Waals surface area contributed by atoms with Crippen molar-refractivity contribution in [2.75, 3.05) is 7.11 Å². The van der Waals surface area contributed by atoms with Crippen molar-refractivity contribution in [2.24, 2.45) is 17.3 Å². The molecule has 0 aliphatic heterocycles. The predicted molar refractivity (Wildman–Crippen MR) is 74.9 cm³/mol. The van der Waals surface area contributed by atoms with Gasteiger partial charge in [-0.1, -0.05) is 27.2 Å². The van der Waals surface area contributed by atoms with Crippen LogP contribution in [0.3, 0.4) is 0 Å². The second-order valence-corrected chi connectivity index (χ2v) is 6.93. The Morgan fingerprint density at radius 3 is 2.23 bits per heavy atom. The normalized spacial score (nSPS) is 24.5. The zero-order valence-corrected chi connectivity index (χ0v) is 13.4. The van der Waals surface area contributed by atoms with Crippen LogP contribution < -0.4 is 5.32 Å². The molecule has 1 saturated carbocycles. The van der Waals surface area contributed by atoms with E-state index in [0.29, 0.717) is 12.8 Å². The third kappa shape index (κ3) is 4.88. The van der Waals surface area contributed by atoms with Gasteiger partial charge in [-0.3, -0.25) is 4.79 Å². The highest BCUT2D eigenvalue weighted by Crippen LogP contribution is 2.40. The van der Waals surface area contributed by atoms with Crippen LogP contribution in [0.5, 0.6) is 0 Å². The quantitative estimate of drug-likeness (QED) is 0.812. The number of halogens is 3. The van der Waals surface area contributed by atoms with Crippen LogP contribution in [0.2, 0.25) is 0 Å². The van der Waals surface area contributed by atoms with Gasteiger partial charge in [-0.25, -0.2) is 4.79 Å². The average Bonchev–Trinajstić information content (AvgIpc) is 2.41. The van der Waals surface area contributed by atoms with E-state index >= 15 is 0 Å². The Kier molecular flexibility index (Phi) is 5.87. The summed E-state index contributed by atoms with van der Waals surface area (Å²) in [6.45, 7) is 5.27. The van der Waals surface area contributed by atoms with Gasteiger partial charge in [0.1, 0.15) is 6.04 Å². The summed E-state index contributed by atoms with van der Waals surface area (Å²) in [6.07, 6.45) is -3.65. The van der Waals surface area contributed by atoms with Crippen LogP contribution in [0, 0.1) is 17.3 Å². The monoisotopic (exact) mass is 323 g/mol. The first kappa shape index (κ1) is 18.8. The maximum atomic E-state index is 12.8. The van der Waals surface area contributed by atoms with Gasteiger partial charge in [0.15, 0.2) is 0 Å². The van der Waals surface area contributed by atoms with Crippen molar-refractivity contribution < 1.29 is 27.5 Å². The lowest BCUT2D eigenvalue weighted by Crippen LogP contribution is -2.52. The molecule has 0 aromatic carbocycles. The number of alkyl halides is 3. The first-order chi connectivity index (χ1) is 9.96. The Bertz CT molecular complexity index is 415. The standard InChI is InChI=1S/C15H24F3NO3/c1-14(2,3)11(13(21)22-4)19-12(20)9-6-5-7-10(8-9)15(16,17)18/h9-11H,5-8H2,1-4H3,(H,19,20)/t9-,10+,11+/m1/s1. The van der Waals surface area contributed by atoms with Crippen molar-refractivity contribution in [1.29, 1.82) is 0 Å². The molecule has 0 saturated heterocycles. The minimum atomic E-state index is -4.27. The fourth-order valence-corrected chi connectivity index (χ4v) is 2.73. The maximum Gasteiger partial charge on any atom is 0.391 e. The lowest BCUT2D eigenvalue weighted by atomic mass is 9.79. The summed E-state index contributed by atoms with van der Waals surface area (Å²) >= 11 is 0. The van der Waals surface area contributed by atoms with E-state index in [2.05, 4.69) is 10.1 Å². The topological polar surface area (TPSA) is 55.4 Å². The molecule has 1 amide bonds. The highest BCUT2D eigenvalue weighted by atomic mass is 19.4. The van der Waals surface area contributed by atoms with Crippen LogP contribution in [-0.2, 0) is 14.3 Å². The van der Waals surface area contributed by atoms with E-state index in [9.17, 15) is 22.8 Å². The molecule has 1 fully saturated rings. The van der Waals surface area contributed by atoms with Crippen LogP contribution >= 0.6 is 0 Å². The smallest absolute Gasteiger partial charge is 0.391 e. The lowest BCUT2D eigenvalue weighted by Gasteiger charge is -2.33. The zero-order chi connectivity index (χ0) is 17.1. The van der Waals surface area contributed by atoms with E-state index in [-0.39, 0.29) is 12.8 Å². The summed E-state index contributed by atoms with van der Waals surface area (Å²) < 4.78 is 43.1. The van der Waals surface area contributed by atoms with Crippen LogP contribution in [0.15, 0.2) is 0 Å². The Morgan fingerprint density at radius 1 is 1.18 bits per heavy atom. The third-order valence-corrected chi connectivity index (χ3v) is 4.10. The molecule has 1 aliphatic rings. The molecule has 1 rings (SSSR count). The number of carbonyl (C=O) groups is 2. The summed E-state index contributed by atoms with van der Waals surface area (Å²) in [5.41, 5.74) is -0.582. The van der Waals surface area contributed by atoms with Crippen molar-refractivity contribution in [2.45, 2.75) is 58.7 Å². The second kappa shape index (κ2) is 6.87. The number of rotatable bonds is 3. The highest BCUT2D eigenvalue weighted by molar-refractivity contribution is 5.86. The number of esters is 1. The largest absolute Gasteiger partial charge is 0.467 e. The zero-order valence-electron chi connectivity index (χ0n) is 13.4. The van der Waals surface area contributed by atoms with Crippen LogP contribution in [0.1, 0.15) is 46.5 Å². The van der Waals surface area contributed by atoms with E-state index < -0.39 is 41.3 Å². The minimum Gasteiger partial charge on any atom is -0.467 e. The fourth-order valence-electron chi connectivity index (χ4n) is 2.73. The van der Waals surface area contributed by atoms with Crippen LogP contribution in [0.25, 0.3) is 0 Å². The van der Waals surface area contributed by atoms with E-state index in [0.717, 1.165) is 0 Å². The fraction of sp³-hybridized carbons (Fsp3) is 0.867. The predicted octanol–water partition coefficient (Wildman–Crippen LogP) is 3.06. The molecule has 1 N–H and O–H groups in total. The van der Waals surface area contributed by atoms with Crippen LogP contribution in [0.4, 0.5) is 13.2 Å². The van der Waals surface area contributed by atoms with Crippen molar-refractivity contribution in [1.82, 2.24) is 5.32 Å². The Morgan fingerprint density at radius 2 is 1.77 bits per heavy atom. The summed E-state index contributed by atoms with van der Waals surface area (Å²) in [7, 11) is 1.22. The molecule has 0 aromatic rings. The second-order valence-electron chi connectivity index (χ2n) is 6.93. The first-order valence-corrected chi connectivity index (χ1v) is 7.41. The van der Waals surface area contributed by atoms with Gasteiger partial charge in [0.2, 0.25) is 5.91 Å². The van der Waals surface area contributed by atoms with Gasteiger partial charge in [0.05, 0.1) is 13.0 Å². The van der Waals surface area contributed by atoms with Crippen molar-refractivity contribution in [3.63, 3.8) is 0 Å². The number of carbonyl (C=O) groups excluding carboxylic acids is 2. The molecule has 1 aliphatic carbocycles. The SMILES string of the molecule is COC(=O)[C@H](NC(=O)[C@@H]1CCC[C@H](C(F)(F)F)C1)C(C)(C)C. The van der Waals surface area contributed by atoms with Gasteiger partial charge in [0, 0.05) is 5.92 Å². The molecule has 0 radical (unpaired) electrons. The Labute approximate surface area is 128 Å². The Balaban J connectivity index is 2.76. The molecule has 22 heavy (non-hydrogen) atoms. The average molecular weight is 323 g/mol. The number of hydrogen-bond donors (Lipinski definition) is 1. The molecule has 0 spiro atoms. The van der Waals surface area contributed by atoms with Gasteiger partial charge in [-0.15, -0.1) is 0 Å². The van der Waals surface area contributed by atoms with Crippen molar-refractivity contribution in [3.8, 4) is 0 Å². The number of amides is 1. The summed E-state index contributed by atoms with van der Waals surface area (Å²) in [5.74, 6) is -3.25. The first-order valence-electron chi connectivity index (χ1n) is 7.41. The molecule has 128 valence electrons. The van der Waals surface area contributed by atoms with Gasteiger partial charge < -0.3 is 10.1 Å². The molecule has 3 atom stereocenters. The third-order valence-electron chi connectivity index (χ3n) is 4.10.